The molecule has 6 nitrogen and oxygen atoms in total. The van der Waals surface area contributed by atoms with E-state index in [4.69, 9.17) is 18.6 Å². The van der Waals surface area contributed by atoms with Gasteiger partial charge >= 0.3 is 0 Å². The summed E-state index contributed by atoms with van der Waals surface area (Å²) in [6.07, 6.45) is 4.72. The molecule has 5 atom stereocenters. The lowest BCUT2D eigenvalue weighted by molar-refractivity contribution is -0.292. The van der Waals surface area contributed by atoms with Crippen molar-refractivity contribution >= 4 is 14.1 Å². The molecule has 180 valence electrons. The number of aliphatic hydroxyl groups is 1. The summed E-state index contributed by atoms with van der Waals surface area (Å²) in [5.41, 5.74) is -1.95. The quantitative estimate of drug-likeness (QED) is 0.330. The third-order valence-electron chi connectivity index (χ3n) is 9.02. The Balaban J connectivity index is 1.87. The van der Waals surface area contributed by atoms with Crippen molar-refractivity contribution in [2.45, 2.75) is 108 Å². The molecule has 0 bridgehead atoms. The summed E-state index contributed by atoms with van der Waals surface area (Å²) in [7, 11) is -0.286. The summed E-state index contributed by atoms with van der Waals surface area (Å²) >= 11 is 0. The maximum absolute atomic E-state index is 12.3. The average molecular weight is 457 g/mol. The van der Waals surface area contributed by atoms with Gasteiger partial charge in [-0.05, 0) is 61.6 Å². The second kappa shape index (κ2) is 8.80. The lowest BCUT2D eigenvalue weighted by atomic mass is 9.51. The molecular weight excluding hydrogens is 412 g/mol. The van der Waals surface area contributed by atoms with Crippen molar-refractivity contribution in [3.05, 3.63) is 0 Å². The van der Waals surface area contributed by atoms with E-state index in [1.807, 2.05) is 0 Å². The first-order valence-corrected chi connectivity index (χ1v) is 14.8. The molecular formula is C24H44O6Si. The van der Waals surface area contributed by atoms with E-state index < -0.39 is 19.5 Å². The van der Waals surface area contributed by atoms with Gasteiger partial charge in [0.1, 0.15) is 23.8 Å². The average Bonchev–Trinajstić information content (AvgIpc) is 2.98. The molecule has 0 heterocycles. The molecule has 1 N–H and O–H groups in total. The van der Waals surface area contributed by atoms with Crippen LogP contribution in [0.4, 0.5) is 0 Å². The highest BCUT2D eigenvalue weighted by molar-refractivity contribution is 6.74. The highest BCUT2D eigenvalue weighted by Gasteiger charge is 2.69. The predicted molar refractivity (Wildman–Crippen MR) is 122 cm³/mol. The van der Waals surface area contributed by atoms with Crippen molar-refractivity contribution in [1.82, 2.24) is 0 Å². The number of carbonyl (C=O) groups excluding carboxylic acids is 1. The highest BCUT2D eigenvalue weighted by Crippen LogP contribution is 2.64. The third kappa shape index (κ3) is 4.43. The van der Waals surface area contributed by atoms with Gasteiger partial charge in [0.25, 0.3) is 0 Å². The van der Waals surface area contributed by atoms with Crippen LogP contribution in [0, 0.1) is 11.3 Å². The molecule has 0 aromatic heterocycles. The van der Waals surface area contributed by atoms with Gasteiger partial charge in [0, 0.05) is 20.0 Å². The molecule has 0 unspecified atom stereocenters. The van der Waals surface area contributed by atoms with E-state index in [1.54, 1.807) is 7.11 Å². The number of methoxy groups -OCH3 is 1. The normalized spacial score (nSPS) is 38.8. The van der Waals surface area contributed by atoms with E-state index in [0.29, 0.717) is 32.5 Å². The maximum atomic E-state index is 12.3. The molecule has 3 saturated carbocycles. The van der Waals surface area contributed by atoms with Gasteiger partial charge in [-0.3, -0.25) is 4.79 Å². The molecule has 7 heteroatoms. The van der Waals surface area contributed by atoms with Gasteiger partial charge in [0.2, 0.25) is 0 Å². The van der Waals surface area contributed by atoms with E-state index in [0.717, 1.165) is 19.3 Å². The van der Waals surface area contributed by atoms with Crippen molar-refractivity contribution in [3.63, 3.8) is 0 Å². The third-order valence-corrected chi connectivity index (χ3v) is 13.5. The predicted octanol–water partition coefficient (Wildman–Crippen LogP) is 4.45. The number of ether oxygens (including phenoxy) is 3. The molecule has 3 rings (SSSR count). The van der Waals surface area contributed by atoms with E-state index in [-0.39, 0.29) is 41.5 Å². The van der Waals surface area contributed by atoms with Crippen LogP contribution in [-0.2, 0) is 23.4 Å². The fourth-order valence-electron chi connectivity index (χ4n) is 6.08. The molecule has 3 aliphatic rings. The maximum Gasteiger partial charge on any atom is 0.192 e. The number of hydrogen-bond acceptors (Lipinski definition) is 6. The smallest absolute Gasteiger partial charge is 0.192 e. The van der Waals surface area contributed by atoms with Crippen LogP contribution in [0.2, 0.25) is 18.1 Å². The Morgan fingerprint density at radius 1 is 1.13 bits per heavy atom. The first kappa shape index (κ1) is 25.3. The largest absolute Gasteiger partial charge is 0.413 e. The second-order valence-electron chi connectivity index (χ2n) is 11.8. The van der Waals surface area contributed by atoms with Crippen LogP contribution in [0.3, 0.4) is 0 Å². The molecule has 0 aromatic carbocycles. The monoisotopic (exact) mass is 456 g/mol. The summed E-state index contributed by atoms with van der Waals surface area (Å²) in [5.74, 6) is 0.283. The number of Topliss-reactive ketones (excluding diaryl/α,β-unsaturated/α-hetero) is 1. The van der Waals surface area contributed by atoms with Gasteiger partial charge in [-0.25, -0.2) is 0 Å². The van der Waals surface area contributed by atoms with Gasteiger partial charge in [-0.15, -0.1) is 0 Å². The molecule has 31 heavy (non-hydrogen) atoms. The topological polar surface area (TPSA) is 74.2 Å². The zero-order chi connectivity index (χ0) is 23.1. The minimum Gasteiger partial charge on any atom is -0.413 e. The lowest BCUT2D eigenvalue weighted by Crippen LogP contribution is -2.69. The lowest BCUT2D eigenvalue weighted by Gasteiger charge is -2.61. The molecule has 3 aliphatic carbocycles. The van der Waals surface area contributed by atoms with Gasteiger partial charge in [0.05, 0.1) is 19.3 Å². The Hall–Kier alpha value is -0.313. The molecule has 3 fully saturated rings. The van der Waals surface area contributed by atoms with Crippen molar-refractivity contribution in [1.29, 1.82) is 0 Å². The Bertz CT molecular complexity index is 661. The van der Waals surface area contributed by atoms with Gasteiger partial charge in [0.15, 0.2) is 8.32 Å². The molecule has 0 aromatic rings. The Labute approximate surface area is 189 Å². The number of fused-ring (bicyclic) bond motifs is 3. The van der Waals surface area contributed by atoms with Crippen molar-refractivity contribution < 1.29 is 28.5 Å². The zero-order valence-electron chi connectivity index (χ0n) is 20.7. The van der Waals surface area contributed by atoms with Crippen LogP contribution >= 0.6 is 0 Å². The Kier molecular flexibility index (Phi) is 7.19. The summed E-state index contributed by atoms with van der Waals surface area (Å²) in [6, 6.07) is 0. The summed E-state index contributed by atoms with van der Waals surface area (Å²) in [5, 5.41) is 11.9. The molecule has 0 radical (unpaired) electrons. The van der Waals surface area contributed by atoms with Gasteiger partial charge < -0.3 is 23.7 Å². The first-order chi connectivity index (χ1) is 14.3. The van der Waals surface area contributed by atoms with Gasteiger partial charge in [-0.2, -0.15) is 0 Å². The van der Waals surface area contributed by atoms with E-state index in [9.17, 15) is 9.90 Å². The van der Waals surface area contributed by atoms with Crippen LogP contribution in [0.15, 0.2) is 0 Å². The summed E-state index contributed by atoms with van der Waals surface area (Å²) in [6.45, 7) is 14.9. The van der Waals surface area contributed by atoms with Gasteiger partial charge in [-0.1, -0.05) is 27.7 Å². The van der Waals surface area contributed by atoms with Crippen molar-refractivity contribution in [3.8, 4) is 0 Å². The number of carbonyl (C=O) groups is 1. The first-order valence-electron chi connectivity index (χ1n) is 11.9. The van der Waals surface area contributed by atoms with E-state index in [2.05, 4.69) is 40.8 Å². The van der Waals surface area contributed by atoms with Crippen molar-refractivity contribution in [2.75, 3.05) is 27.1 Å². The summed E-state index contributed by atoms with van der Waals surface area (Å²) in [4.78, 5) is 12.3. The SMILES string of the molecule is COCCOCO[C@]12CCC(=O)C[C@@]1(O)CC[C@]1(C)[C@@H](O[Si](C)(C)C(C)(C)C)CC[C@H]12. The van der Waals surface area contributed by atoms with Crippen LogP contribution in [-0.4, -0.2) is 63.6 Å². The minimum absolute atomic E-state index is 0.0747. The molecule has 0 aliphatic heterocycles. The second-order valence-corrected chi connectivity index (χ2v) is 16.6. The summed E-state index contributed by atoms with van der Waals surface area (Å²) < 4.78 is 24.1. The minimum atomic E-state index is -1.93. The van der Waals surface area contributed by atoms with Crippen LogP contribution in [0.5, 0.6) is 0 Å². The van der Waals surface area contributed by atoms with Crippen LogP contribution < -0.4 is 0 Å². The van der Waals surface area contributed by atoms with Crippen molar-refractivity contribution in [2.24, 2.45) is 11.3 Å². The molecule has 0 spiro atoms. The Morgan fingerprint density at radius 3 is 2.48 bits per heavy atom. The number of ketones is 1. The highest BCUT2D eigenvalue weighted by atomic mass is 28.4. The fraction of sp³-hybridized carbons (Fsp3) is 0.958. The Morgan fingerprint density at radius 2 is 1.84 bits per heavy atom. The van der Waals surface area contributed by atoms with Crippen LogP contribution in [0.25, 0.3) is 0 Å². The number of rotatable bonds is 8. The number of hydrogen-bond donors (Lipinski definition) is 1. The molecule has 0 amide bonds. The standard InChI is InChI=1S/C24H44O6Si/c1-21(2,3)31(6,7)30-20-9-8-19-22(20,4)12-13-23(26)16-18(25)10-11-24(19,23)29-17-28-15-14-27-5/h19-20,26H,8-17H2,1-7H3/t19-,20+,22+,23+,24+/m1/s1. The molecule has 0 saturated heterocycles. The zero-order valence-corrected chi connectivity index (χ0v) is 21.7. The fourth-order valence-corrected chi connectivity index (χ4v) is 7.53. The van der Waals surface area contributed by atoms with Crippen LogP contribution in [0.1, 0.15) is 72.6 Å². The van der Waals surface area contributed by atoms with E-state index >= 15 is 0 Å². The van der Waals surface area contributed by atoms with E-state index in [1.165, 1.54) is 0 Å².